The highest BCUT2D eigenvalue weighted by molar-refractivity contribution is 9.10. The Bertz CT molecular complexity index is 1290. The smallest absolute Gasteiger partial charge is 0.287 e. The first-order valence-electron chi connectivity index (χ1n) is 10.0. The maximum Gasteiger partial charge on any atom is 0.287 e. The molecule has 1 fully saturated rings. The van der Waals surface area contributed by atoms with E-state index in [1.54, 1.807) is 43.3 Å². The molecule has 0 bridgehead atoms. The van der Waals surface area contributed by atoms with Crippen molar-refractivity contribution in [2.45, 2.75) is 6.92 Å². The van der Waals surface area contributed by atoms with Gasteiger partial charge >= 0.3 is 0 Å². The minimum atomic E-state index is -0.556. The summed E-state index contributed by atoms with van der Waals surface area (Å²) in [6.07, 6.45) is 2.55. The van der Waals surface area contributed by atoms with Gasteiger partial charge in [-0.25, -0.2) is 9.99 Å². The Kier molecular flexibility index (Phi) is 6.55. The fraction of sp³-hybridized carbons (Fsp3) is 0.0870. The van der Waals surface area contributed by atoms with Crippen molar-refractivity contribution >= 4 is 45.2 Å². The molecule has 1 saturated heterocycles. The second-order valence-electron chi connectivity index (χ2n) is 6.95. The van der Waals surface area contributed by atoms with Crippen molar-refractivity contribution in [3.63, 3.8) is 0 Å². The van der Waals surface area contributed by atoms with Crippen molar-refractivity contribution in [3.05, 3.63) is 86.5 Å². The number of carbonyl (C=O) groups excluding carboxylic acids is 2. The van der Waals surface area contributed by atoms with Gasteiger partial charge in [-0.1, -0.05) is 18.2 Å². The van der Waals surface area contributed by atoms with Gasteiger partial charge in [0.15, 0.2) is 11.5 Å². The predicted molar refractivity (Wildman–Crippen MR) is 126 cm³/mol. The van der Waals surface area contributed by atoms with E-state index in [9.17, 15) is 19.7 Å². The topological polar surface area (TPSA) is 124 Å². The van der Waals surface area contributed by atoms with Gasteiger partial charge in [0.25, 0.3) is 17.5 Å². The van der Waals surface area contributed by atoms with Crippen molar-refractivity contribution in [1.29, 1.82) is 0 Å². The molecule has 10 nitrogen and oxygen atoms in total. The van der Waals surface area contributed by atoms with Crippen LogP contribution < -0.4 is 19.9 Å². The number of amides is 2. The van der Waals surface area contributed by atoms with Gasteiger partial charge < -0.3 is 9.47 Å². The quantitative estimate of drug-likeness (QED) is 0.210. The summed E-state index contributed by atoms with van der Waals surface area (Å²) < 4.78 is 11.9. The molecule has 1 aromatic heterocycles. The Morgan fingerprint density at radius 2 is 1.94 bits per heavy atom. The zero-order chi connectivity index (χ0) is 24.2. The Morgan fingerprint density at radius 3 is 2.59 bits per heavy atom. The summed E-state index contributed by atoms with van der Waals surface area (Å²) in [5, 5.41) is 12.0. The van der Waals surface area contributed by atoms with E-state index >= 15 is 0 Å². The first-order valence-corrected chi connectivity index (χ1v) is 10.8. The van der Waals surface area contributed by atoms with E-state index in [0.717, 1.165) is 6.20 Å². The molecular formula is C23H17BrN4O6. The number of hydrogen-bond donors (Lipinski definition) is 1. The minimum absolute atomic E-state index is 0.0381. The second-order valence-corrected chi connectivity index (χ2v) is 7.81. The molecule has 2 heterocycles. The van der Waals surface area contributed by atoms with E-state index in [0.29, 0.717) is 33.8 Å². The normalized spacial score (nSPS) is 14.3. The lowest BCUT2D eigenvalue weighted by atomic mass is 10.1. The highest BCUT2D eigenvalue weighted by Gasteiger charge is 2.34. The molecule has 0 atom stereocenters. The fourth-order valence-corrected chi connectivity index (χ4v) is 3.70. The molecule has 0 radical (unpaired) electrons. The molecule has 34 heavy (non-hydrogen) atoms. The number of nitrogens with zero attached hydrogens (tertiary/aromatic N) is 3. The Labute approximate surface area is 202 Å². The SMILES string of the molecule is CCOc1cc(/C=C2/C(=O)NN(c3ccccc3)C2=O)cc(Br)c1Oc1ccc([N+](=O)[O-])cn1. The van der Waals surface area contributed by atoms with Gasteiger partial charge in [0.05, 0.1) is 21.7 Å². The summed E-state index contributed by atoms with van der Waals surface area (Å²) in [4.78, 5) is 39.6. The summed E-state index contributed by atoms with van der Waals surface area (Å²) in [6.45, 7) is 2.11. The average Bonchev–Trinajstić information content (AvgIpc) is 3.10. The molecule has 0 spiro atoms. The largest absolute Gasteiger partial charge is 0.490 e. The van der Waals surface area contributed by atoms with E-state index in [4.69, 9.17) is 9.47 Å². The second kappa shape index (κ2) is 9.71. The molecule has 0 aliphatic carbocycles. The van der Waals surface area contributed by atoms with Crippen LogP contribution in [0, 0.1) is 10.1 Å². The van der Waals surface area contributed by atoms with Crippen LogP contribution in [0.1, 0.15) is 12.5 Å². The number of hydrazine groups is 1. The molecule has 0 unspecified atom stereocenters. The summed E-state index contributed by atoms with van der Waals surface area (Å²) >= 11 is 3.43. The average molecular weight is 525 g/mol. The fourth-order valence-electron chi connectivity index (χ4n) is 3.16. The number of pyridine rings is 1. The van der Waals surface area contributed by atoms with Crippen LogP contribution in [0.15, 0.2) is 70.8 Å². The monoisotopic (exact) mass is 524 g/mol. The molecule has 1 aliphatic heterocycles. The van der Waals surface area contributed by atoms with Crippen LogP contribution in [0.5, 0.6) is 17.4 Å². The van der Waals surface area contributed by atoms with E-state index in [-0.39, 0.29) is 17.1 Å². The highest BCUT2D eigenvalue weighted by Crippen LogP contribution is 2.40. The third-order valence-electron chi connectivity index (χ3n) is 4.69. The van der Waals surface area contributed by atoms with Crippen LogP contribution in [0.3, 0.4) is 0 Å². The number of nitrogens with one attached hydrogen (secondary N) is 1. The van der Waals surface area contributed by atoms with Crippen LogP contribution in [0.25, 0.3) is 6.08 Å². The predicted octanol–water partition coefficient (Wildman–Crippen LogP) is 4.40. The highest BCUT2D eigenvalue weighted by atomic mass is 79.9. The summed E-state index contributed by atoms with van der Waals surface area (Å²) in [5.41, 5.74) is 3.41. The van der Waals surface area contributed by atoms with Gasteiger partial charge in [-0.3, -0.25) is 25.1 Å². The number of benzene rings is 2. The van der Waals surface area contributed by atoms with E-state index in [1.807, 2.05) is 6.07 Å². The number of ether oxygens (including phenoxy) is 2. The number of aromatic nitrogens is 1. The Morgan fingerprint density at radius 1 is 1.18 bits per heavy atom. The summed E-state index contributed by atoms with van der Waals surface area (Å²) in [6, 6.07) is 14.7. The van der Waals surface area contributed by atoms with Crippen molar-refractivity contribution in [3.8, 4) is 17.4 Å². The lowest BCUT2D eigenvalue weighted by molar-refractivity contribution is -0.385. The molecule has 2 aromatic carbocycles. The van der Waals surface area contributed by atoms with Crippen molar-refractivity contribution in [2.75, 3.05) is 11.6 Å². The molecule has 4 rings (SSSR count). The molecule has 1 aliphatic rings. The van der Waals surface area contributed by atoms with Gasteiger partial charge in [-0.2, -0.15) is 0 Å². The number of nitro groups is 1. The van der Waals surface area contributed by atoms with Crippen LogP contribution >= 0.6 is 15.9 Å². The molecule has 0 saturated carbocycles. The number of anilines is 1. The number of para-hydroxylation sites is 1. The standard InChI is InChI=1S/C23H17BrN4O6/c1-2-33-19-12-14(10-17-22(29)26-27(23(17)30)15-6-4-3-5-7-15)11-18(24)21(19)34-20-9-8-16(13-25-20)28(31)32/h3-13H,2H2,1H3,(H,26,29)/b17-10-. The van der Waals surface area contributed by atoms with E-state index in [2.05, 4.69) is 26.3 Å². The van der Waals surface area contributed by atoms with Crippen molar-refractivity contribution in [1.82, 2.24) is 10.4 Å². The lowest BCUT2D eigenvalue weighted by Gasteiger charge is -2.14. The molecule has 1 N–H and O–H groups in total. The lowest BCUT2D eigenvalue weighted by Crippen LogP contribution is -2.35. The van der Waals surface area contributed by atoms with E-state index < -0.39 is 16.7 Å². The molecule has 3 aromatic rings. The van der Waals surface area contributed by atoms with Crippen molar-refractivity contribution < 1.29 is 24.0 Å². The Balaban J connectivity index is 1.64. The van der Waals surface area contributed by atoms with Gasteiger partial charge in [-0.05, 0) is 58.8 Å². The van der Waals surface area contributed by atoms with Gasteiger partial charge in [0.1, 0.15) is 11.8 Å². The molecular weight excluding hydrogens is 508 g/mol. The van der Waals surface area contributed by atoms with E-state index in [1.165, 1.54) is 23.2 Å². The number of carbonyl (C=O) groups is 2. The van der Waals surface area contributed by atoms with Crippen LogP contribution in [0.2, 0.25) is 0 Å². The van der Waals surface area contributed by atoms with Crippen LogP contribution in [0.4, 0.5) is 11.4 Å². The zero-order valence-corrected chi connectivity index (χ0v) is 19.3. The third-order valence-corrected chi connectivity index (χ3v) is 5.28. The first kappa shape index (κ1) is 22.9. The van der Waals surface area contributed by atoms with Crippen LogP contribution in [-0.4, -0.2) is 28.3 Å². The maximum atomic E-state index is 12.9. The van der Waals surface area contributed by atoms with Gasteiger partial charge in [0, 0.05) is 12.1 Å². The molecule has 2 amide bonds. The minimum Gasteiger partial charge on any atom is -0.490 e. The first-order chi connectivity index (χ1) is 16.4. The van der Waals surface area contributed by atoms with Crippen LogP contribution in [-0.2, 0) is 9.59 Å². The number of rotatable bonds is 7. The van der Waals surface area contributed by atoms with Gasteiger partial charge in [0.2, 0.25) is 5.88 Å². The molecule has 172 valence electrons. The maximum absolute atomic E-state index is 12.9. The molecule has 11 heteroatoms. The van der Waals surface area contributed by atoms with Gasteiger partial charge in [-0.15, -0.1) is 0 Å². The number of halogens is 1. The third kappa shape index (κ3) is 4.74. The number of hydrogen-bond acceptors (Lipinski definition) is 7. The summed E-state index contributed by atoms with van der Waals surface area (Å²) in [7, 11) is 0. The summed E-state index contributed by atoms with van der Waals surface area (Å²) in [5.74, 6) is -0.269. The van der Waals surface area contributed by atoms with Crippen molar-refractivity contribution in [2.24, 2.45) is 0 Å². The zero-order valence-electron chi connectivity index (χ0n) is 17.7. The Hall–Kier alpha value is -4.25.